The zero-order valence-electron chi connectivity index (χ0n) is 14.2. The van der Waals surface area contributed by atoms with E-state index in [1.807, 2.05) is 18.5 Å². The Morgan fingerprint density at radius 1 is 1.22 bits per heavy atom. The molecule has 122 valence electrons. The Labute approximate surface area is 139 Å². The molecule has 0 aliphatic carbocycles. The number of guanidine groups is 1. The number of aliphatic imine (C=N–C) groups is 1. The minimum absolute atomic E-state index is 0.219. The van der Waals surface area contributed by atoms with E-state index in [-0.39, 0.29) is 6.04 Å². The van der Waals surface area contributed by atoms with Crippen LogP contribution in [0.25, 0.3) is 0 Å². The minimum atomic E-state index is 0.219. The van der Waals surface area contributed by atoms with Gasteiger partial charge in [-0.25, -0.2) is 0 Å². The molecule has 4 heteroatoms. The monoisotopic (exact) mass is 310 g/mol. The summed E-state index contributed by atoms with van der Waals surface area (Å²) in [5.41, 5.74) is 3.78. The molecule has 2 N–H and O–H groups in total. The van der Waals surface area contributed by atoms with Gasteiger partial charge in [-0.1, -0.05) is 30.3 Å². The first-order chi connectivity index (χ1) is 11.2. The average Bonchev–Trinajstić information content (AvgIpc) is 2.57. The SMILES string of the molecule is CCNC(=NCCc1ccncc1C)NC(C)c1ccccc1. The van der Waals surface area contributed by atoms with E-state index in [9.17, 15) is 0 Å². The highest BCUT2D eigenvalue weighted by Crippen LogP contribution is 2.11. The summed E-state index contributed by atoms with van der Waals surface area (Å²) in [5, 5.41) is 6.77. The van der Waals surface area contributed by atoms with E-state index in [1.54, 1.807) is 0 Å². The first-order valence-corrected chi connectivity index (χ1v) is 8.20. The lowest BCUT2D eigenvalue weighted by molar-refractivity contribution is 0.686. The smallest absolute Gasteiger partial charge is 0.191 e. The molecular weight excluding hydrogens is 284 g/mol. The van der Waals surface area contributed by atoms with Gasteiger partial charge in [0.15, 0.2) is 5.96 Å². The van der Waals surface area contributed by atoms with Gasteiger partial charge in [0.05, 0.1) is 6.04 Å². The van der Waals surface area contributed by atoms with E-state index >= 15 is 0 Å². The van der Waals surface area contributed by atoms with Gasteiger partial charge in [0.25, 0.3) is 0 Å². The zero-order chi connectivity index (χ0) is 16.5. The van der Waals surface area contributed by atoms with Crippen LogP contribution in [0, 0.1) is 6.92 Å². The van der Waals surface area contributed by atoms with Gasteiger partial charge in [-0.15, -0.1) is 0 Å². The molecule has 2 rings (SSSR count). The second-order valence-electron chi connectivity index (χ2n) is 5.59. The third-order valence-electron chi connectivity index (χ3n) is 3.78. The topological polar surface area (TPSA) is 49.3 Å². The summed E-state index contributed by atoms with van der Waals surface area (Å²) in [4.78, 5) is 8.82. The molecule has 0 saturated carbocycles. The molecule has 1 aromatic heterocycles. The Morgan fingerprint density at radius 2 is 2.00 bits per heavy atom. The van der Waals surface area contributed by atoms with Gasteiger partial charge in [0.2, 0.25) is 0 Å². The number of aryl methyl sites for hydroxylation is 1. The van der Waals surface area contributed by atoms with E-state index < -0.39 is 0 Å². The van der Waals surface area contributed by atoms with Crippen molar-refractivity contribution < 1.29 is 0 Å². The molecule has 0 amide bonds. The molecule has 1 heterocycles. The number of nitrogens with zero attached hydrogens (tertiary/aromatic N) is 2. The Kier molecular flexibility index (Phi) is 6.60. The van der Waals surface area contributed by atoms with Crippen LogP contribution in [-0.4, -0.2) is 24.0 Å². The number of rotatable bonds is 6. The normalized spacial score (nSPS) is 12.7. The van der Waals surface area contributed by atoms with E-state index in [4.69, 9.17) is 0 Å². The van der Waals surface area contributed by atoms with E-state index in [0.29, 0.717) is 0 Å². The Balaban J connectivity index is 1.96. The van der Waals surface area contributed by atoms with Gasteiger partial charge in [0, 0.05) is 25.5 Å². The number of hydrogen-bond acceptors (Lipinski definition) is 2. The summed E-state index contributed by atoms with van der Waals surface area (Å²) in [6, 6.07) is 12.7. The predicted molar refractivity (Wildman–Crippen MR) is 96.6 cm³/mol. The van der Waals surface area contributed by atoms with Gasteiger partial charge in [0.1, 0.15) is 0 Å². The van der Waals surface area contributed by atoms with Crippen LogP contribution in [0.3, 0.4) is 0 Å². The molecular formula is C19H26N4. The molecule has 0 aliphatic rings. The van der Waals surface area contributed by atoms with Gasteiger partial charge in [-0.05, 0) is 49.9 Å². The number of nitrogens with one attached hydrogen (secondary N) is 2. The number of aromatic nitrogens is 1. The maximum Gasteiger partial charge on any atom is 0.191 e. The Hall–Kier alpha value is -2.36. The van der Waals surface area contributed by atoms with Crippen LogP contribution in [0.1, 0.15) is 36.6 Å². The predicted octanol–water partition coefficient (Wildman–Crippen LogP) is 3.25. The summed E-state index contributed by atoms with van der Waals surface area (Å²) in [6.07, 6.45) is 4.66. The van der Waals surface area contributed by atoms with Crippen LogP contribution in [-0.2, 0) is 6.42 Å². The zero-order valence-corrected chi connectivity index (χ0v) is 14.2. The molecule has 0 saturated heterocycles. The van der Waals surface area contributed by atoms with Crippen LogP contribution < -0.4 is 10.6 Å². The molecule has 2 aromatic rings. The third-order valence-corrected chi connectivity index (χ3v) is 3.78. The van der Waals surface area contributed by atoms with Crippen molar-refractivity contribution in [2.75, 3.05) is 13.1 Å². The van der Waals surface area contributed by atoms with Gasteiger partial charge in [-0.2, -0.15) is 0 Å². The summed E-state index contributed by atoms with van der Waals surface area (Å²) in [6.45, 7) is 7.92. The van der Waals surface area contributed by atoms with E-state index in [1.165, 1.54) is 16.7 Å². The molecule has 1 aromatic carbocycles. The van der Waals surface area contributed by atoms with Crippen molar-refractivity contribution in [1.82, 2.24) is 15.6 Å². The molecule has 1 unspecified atom stereocenters. The van der Waals surface area contributed by atoms with Crippen molar-refractivity contribution in [3.8, 4) is 0 Å². The van der Waals surface area contributed by atoms with Crippen molar-refractivity contribution >= 4 is 5.96 Å². The highest BCUT2D eigenvalue weighted by Gasteiger charge is 2.07. The van der Waals surface area contributed by atoms with Gasteiger partial charge in [-0.3, -0.25) is 9.98 Å². The largest absolute Gasteiger partial charge is 0.357 e. The first-order valence-electron chi connectivity index (χ1n) is 8.20. The molecule has 0 aliphatic heterocycles. The van der Waals surface area contributed by atoms with Gasteiger partial charge < -0.3 is 10.6 Å². The van der Waals surface area contributed by atoms with Gasteiger partial charge >= 0.3 is 0 Å². The van der Waals surface area contributed by atoms with Crippen LogP contribution in [0.5, 0.6) is 0 Å². The standard InChI is InChI=1S/C19H26N4/c1-4-21-19(23-16(3)18-8-6-5-7-9-18)22-13-11-17-10-12-20-14-15(17)2/h5-10,12,14,16H,4,11,13H2,1-3H3,(H2,21,22,23). The average molecular weight is 310 g/mol. The van der Waals surface area contributed by atoms with E-state index in [2.05, 4.69) is 71.7 Å². The molecule has 23 heavy (non-hydrogen) atoms. The molecule has 4 nitrogen and oxygen atoms in total. The lowest BCUT2D eigenvalue weighted by Crippen LogP contribution is -2.38. The molecule has 0 bridgehead atoms. The van der Waals surface area contributed by atoms with Crippen LogP contribution >= 0.6 is 0 Å². The van der Waals surface area contributed by atoms with Crippen molar-refractivity contribution in [1.29, 1.82) is 0 Å². The van der Waals surface area contributed by atoms with Crippen molar-refractivity contribution in [3.63, 3.8) is 0 Å². The second-order valence-corrected chi connectivity index (χ2v) is 5.59. The molecule has 0 radical (unpaired) electrons. The highest BCUT2D eigenvalue weighted by atomic mass is 15.2. The number of hydrogen-bond donors (Lipinski definition) is 2. The van der Waals surface area contributed by atoms with Crippen molar-refractivity contribution in [2.24, 2.45) is 4.99 Å². The Bertz CT molecular complexity index is 622. The maximum atomic E-state index is 4.69. The lowest BCUT2D eigenvalue weighted by Gasteiger charge is -2.18. The minimum Gasteiger partial charge on any atom is -0.357 e. The summed E-state index contributed by atoms with van der Waals surface area (Å²) in [7, 11) is 0. The fourth-order valence-corrected chi connectivity index (χ4v) is 2.42. The van der Waals surface area contributed by atoms with Crippen LogP contribution in [0.15, 0.2) is 53.8 Å². The second kappa shape index (κ2) is 8.93. The van der Waals surface area contributed by atoms with Crippen molar-refractivity contribution in [3.05, 3.63) is 65.5 Å². The van der Waals surface area contributed by atoms with Crippen LogP contribution in [0.2, 0.25) is 0 Å². The van der Waals surface area contributed by atoms with E-state index in [0.717, 1.165) is 25.5 Å². The van der Waals surface area contributed by atoms with Crippen molar-refractivity contribution in [2.45, 2.75) is 33.2 Å². The van der Waals surface area contributed by atoms with Crippen LogP contribution in [0.4, 0.5) is 0 Å². The third kappa shape index (κ3) is 5.40. The quantitative estimate of drug-likeness (QED) is 0.636. The number of pyridine rings is 1. The molecule has 1 atom stereocenters. The first kappa shape index (κ1) is 17.0. The summed E-state index contributed by atoms with van der Waals surface area (Å²) in [5.74, 6) is 0.857. The molecule has 0 spiro atoms. The Morgan fingerprint density at radius 3 is 2.70 bits per heavy atom. The fraction of sp³-hybridized carbons (Fsp3) is 0.368. The maximum absolute atomic E-state index is 4.69. The lowest BCUT2D eigenvalue weighted by atomic mass is 10.1. The fourth-order valence-electron chi connectivity index (χ4n) is 2.42. The molecule has 0 fully saturated rings. The highest BCUT2D eigenvalue weighted by molar-refractivity contribution is 5.80. The summed E-state index contributed by atoms with van der Waals surface area (Å²) >= 11 is 0. The summed E-state index contributed by atoms with van der Waals surface area (Å²) < 4.78 is 0. The number of benzene rings is 1.